The summed E-state index contributed by atoms with van der Waals surface area (Å²) in [5.74, 6) is 0.811. The number of aryl methyl sites for hydroxylation is 1. The summed E-state index contributed by atoms with van der Waals surface area (Å²) in [6.07, 6.45) is 5.99. The Hall–Kier alpha value is -1.36. The van der Waals surface area contributed by atoms with Crippen LogP contribution < -0.4 is 5.32 Å². The molecule has 0 aromatic carbocycles. The smallest absolute Gasteiger partial charge is 0.272 e. The van der Waals surface area contributed by atoms with Gasteiger partial charge in [-0.15, -0.1) is 0 Å². The molecule has 21 heavy (non-hydrogen) atoms. The number of aromatic nitrogens is 2. The van der Waals surface area contributed by atoms with Crippen molar-refractivity contribution in [2.24, 2.45) is 11.8 Å². The molecule has 0 saturated heterocycles. The van der Waals surface area contributed by atoms with E-state index in [9.17, 15) is 4.79 Å². The lowest BCUT2D eigenvalue weighted by molar-refractivity contribution is 0.0935. The first-order chi connectivity index (χ1) is 10.1. The second-order valence-corrected chi connectivity index (χ2v) is 6.45. The van der Waals surface area contributed by atoms with Gasteiger partial charge in [-0.2, -0.15) is 5.10 Å². The van der Waals surface area contributed by atoms with Crippen molar-refractivity contribution in [2.75, 3.05) is 13.2 Å². The molecule has 0 aliphatic heterocycles. The molecule has 0 spiro atoms. The van der Waals surface area contributed by atoms with Crippen molar-refractivity contribution in [1.82, 2.24) is 15.5 Å². The number of fused-ring (bicyclic) bond motifs is 1. The maximum Gasteiger partial charge on any atom is 0.272 e. The Morgan fingerprint density at radius 2 is 2.14 bits per heavy atom. The number of rotatable bonds is 7. The molecule has 2 rings (SSSR count). The summed E-state index contributed by atoms with van der Waals surface area (Å²) in [7, 11) is 0. The van der Waals surface area contributed by atoms with Gasteiger partial charge < -0.3 is 10.4 Å². The largest absolute Gasteiger partial charge is 0.396 e. The summed E-state index contributed by atoms with van der Waals surface area (Å²) in [4.78, 5) is 12.3. The van der Waals surface area contributed by atoms with Crippen LogP contribution in [0.2, 0.25) is 0 Å². The average molecular weight is 293 g/mol. The first kappa shape index (κ1) is 16.0. The number of nitrogens with one attached hydrogen (secondary N) is 2. The van der Waals surface area contributed by atoms with Crippen molar-refractivity contribution >= 4 is 5.91 Å². The van der Waals surface area contributed by atoms with Crippen molar-refractivity contribution in [3.63, 3.8) is 0 Å². The van der Waals surface area contributed by atoms with E-state index in [0.717, 1.165) is 43.4 Å². The molecule has 118 valence electrons. The number of hydrogen-bond acceptors (Lipinski definition) is 3. The minimum absolute atomic E-state index is 0.0823. The second kappa shape index (κ2) is 7.59. The second-order valence-electron chi connectivity index (χ2n) is 6.45. The van der Waals surface area contributed by atoms with Crippen LogP contribution in [-0.4, -0.2) is 34.4 Å². The molecule has 5 heteroatoms. The molecule has 0 saturated carbocycles. The van der Waals surface area contributed by atoms with Crippen molar-refractivity contribution in [3.05, 3.63) is 17.0 Å². The zero-order chi connectivity index (χ0) is 15.2. The summed E-state index contributed by atoms with van der Waals surface area (Å²) < 4.78 is 0. The number of hydrogen-bond donors (Lipinski definition) is 3. The first-order valence-corrected chi connectivity index (χ1v) is 8.07. The Labute approximate surface area is 126 Å². The van der Waals surface area contributed by atoms with E-state index in [2.05, 4.69) is 29.4 Å². The Balaban J connectivity index is 1.93. The molecule has 0 bridgehead atoms. The molecule has 1 unspecified atom stereocenters. The van der Waals surface area contributed by atoms with Gasteiger partial charge in [-0.05, 0) is 50.4 Å². The highest BCUT2D eigenvalue weighted by Crippen LogP contribution is 2.22. The van der Waals surface area contributed by atoms with Gasteiger partial charge in [0.1, 0.15) is 0 Å². The molecular weight excluding hydrogens is 266 g/mol. The summed E-state index contributed by atoms with van der Waals surface area (Å²) in [5.41, 5.74) is 2.79. The highest BCUT2D eigenvalue weighted by atomic mass is 16.3. The number of aliphatic hydroxyl groups is 1. The molecular formula is C16H27N3O2. The maximum atomic E-state index is 12.3. The van der Waals surface area contributed by atoms with Gasteiger partial charge in [-0.1, -0.05) is 13.8 Å². The number of amides is 1. The minimum atomic E-state index is -0.0823. The van der Waals surface area contributed by atoms with E-state index in [4.69, 9.17) is 5.11 Å². The van der Waals surface area contributed by atoms with Crippen LogP contribution in [0.5, 0.6) is 0 Å². The van der Waals surface area contributed by atoms with Gasteiger partial charge in [-0.3, -0.25) is 9.89 Å². The van der Waals surface area contributed by atoms with Gasteiger partial charge in [-0.25, -0.2) is 0 Å². The maximum absolute atomic E-state index is 12.3. The van der Waals surface area contributed by atoms with Crippen LogP contribution in [0.4, 0.5) is 0 Å². The number of carbonyl (C=O) groups excluding carboxylic acids is 1. The summed E-state index contributed by atoms with van der Waals surface area (Å²) in [6, 6.07) is 0. The Kier molecular flexibility index (Phi) is 5.79. The highest BCUT2D eigenvalue weighted by molar-refractivity contribution is 5.94. The van der Waals surface area contributed by atoms with E-state index in [1.807, 2.05) is 0 Å². The fourth-order valence-corrected chi connectivity index (χ4v) is 3.14. The third-order valence-electron chi connectivity index (χ3n) is 4.16. The van der Waals surface area contributed by atoms with Crippen LogP contribution in [0.3, 0.4) is 0 Å². The summed E-state index contributed by atoms with van der Waals surface area (Å²) >= 11 is 0. The van der Waals surface area contributed by atoms with Crippen LogP contribution in [0.25, 0.3) is 0 Å². The first-order valence-electron chi connectivity index (χ1n) is 8.07. The van der Waals surface area contributed by atoms with Gasteiger partial charge in [0, 0.05) is 24.4 Å². The number of aliphatic hydroxyl groups excluding tert-OH is 1. The summed E-state index contributed by atoms with van der Waals surface area (Å²) in [6.45, 7) is 5.11. The monoisotopic (exact) mass is 293 g/mol. The Bertz CT molecular complexity index is 468. The van der Waals surface area contributed by atoms with Crippen LogP contribution in [0, 0.1) is 11.8 Å². The molecule has 1 heterocycles. The Morgan fingerprint density at radius 3 is 2.86 bits per heavy atom. The summed E-state index contributed by atoms with van der Waals surface area (Å²) in [5, 5.41) is 19.3. The number of aromatic amines is 1. The minimum Gasteiger partial charge on any atom is -0.396 e. The lowest BCUT2D eigenvalue weighted by Crippen LogP contribution is -2.31. The quantitative estimate of drug-likeness (QED) is 0.720. The molecule has 1 aromatic rings. The average Bonchev–Trinajstić information content (AvgIpc) is 2.88. The predicted octanol–water partition coefficient (Wildman–Crippen LogP) is 2.06. The molecule has 1 aromatic heterocycles. The SMILES string of the molecule is CC(C)CC(CCO)CNC(=O)c1n[nH]c2c1CCCC2. The molecule has 0 fully saturated rings. The van der Waals surface area contributed by atoms with Crippen molar-refractivity contribution in [2.45, 2.75) is 52.4 Å². The number of carbonyl (C=O) groups is 1. The zero-order valence-corrected chi connectivity index (χ0v) is 13.1. The van der Waals surface area contributed by atoms with Crippen LogP contribution in [0.15, 0.2) is 0 Å². The topological polar surface area (TPSA) is 78.0 Å². The highest BCUT2D eigenvalue weighted by Gasteiger charge is 2.22. The zero-order valence-electron chi connectivity index (χ0n) is 13.1. The third kappa shape index (κ3) is 4.30. The van der Waals surface area contributed by atoms with E-state index in [1.165, 1.54) is 6.42 Å². The van der Waals surface area contributed by atoms with Gasteiger partial charge in [0.05, 0.1) is 0 Å². The van der Waals surface area contributed by atoms with E-state index >= 15 is 0 Å². The number of nitrogens with zero attached hydrogens (tertiary/aromatic N) is 1. The van der Waals surface area contributed by atoms with Crippen LogP contribution in [0.1, 0.15) is 61.3 Å². The fourth-order valence-electron chi connectivity index (χ4n) is 3.14. The predicted molar refractivity (Wildman–Crippen MR) is 82.2 cm³/mol. The van der Waals surface area contributed by atoms with Crippen molar-refractivity contribution in [3.8, 4) is 0 Å². The molecule has 1 amide bonds. The standard InChI is InChI=1S/C16H27N3O2/c1-11(2)9-12(7-8-20)10-17-16(21)15-13-5-3-4-6-14(13)18-19-15/h11-12,20H,3-10H2,1-2H3,(H,17,21)(H,18,19). The number of H-pyrrole nitrogens is 1. The molecule has 1 aliphatic carbocycles. The van der Waals surface area contributed by atoms with E-state index in [-0.39, 0.29) is 12.5 Å². The third-order valence-corrected chi connectivity index (χ3v) is 4.16. The van der Waals surface area contributed by atoms with Gasteiger partial charge >= 0.3 is 0 Å². The molecule has 1 aliphatic rings. The molecule has 3 N–H and O–H groups in total. The lowest BCUT2D eigenvalue weighted by Gasteiger charge is -2.18. The van der Waals surface area contributed by atoms with Crippen LogP contribution >= 0.6 is 0 Å². The molecule has 5 nitrogen and oxygen atoms in total. The van der Waals surface area contributed by atoms with Gasteiger partial charge in [0.2, 0.25) is 0 Å². The Morgan fingerprint density at radius 1 is 1.38 bits per heavy atom. The van der Waals surface area contributed by atoms with Crippen LogP contribution in [-0.2, 0) is 12.8 Å². The lowest BCUT2D eigenvalue weighted by atomic mass is 9.94. The van der Waals surface area contributed by atoms with Gasteiger partial charge in [0.25, 0.3) is 5.91 Å². The van der Waals surface area contributed by atoms with E-state index in [0.29, 0.717) is 24.1 Å². The van der Waals surface area contributed by atoms with Crippen molar-refractivity contribution in [1.29, 1.82) is 0 Å². The van der Waals surface area contributed by atoms with E-state index < -0.39 is 0 Å². The van der Waals surface area contributed by atoms with Gasteiger partial charge in [0.15, 0.2) is 5.69 Å². The van der Waals surface area contributed by atoms with Crippen molar-refractivity contribution < 1.29 is 9.90 Å². The van der Waals surface area contributed by atoms with E-state index in [1.54, 1.807) is 0 Å². The molecule has 0 radical (unpaired) electrons. The molecule has 1 atom stereocenters. The fraction of sp³-hybridized carbons (Fsp3) is 0.750. The normalized spacial score (nSPS) is 15.8.